The van der Waals surface area contributed by atoms with E-state index in [0.717, 1.165) is 10.0 Å². The number of aliphatic hydroxyl groups excluding tert-OH is 1. The van der Waals surface area contributed by atoms with Crippen molar-refractivity contribution in [1.82, 2.24) is 9.62 Å². The molecule has 1 saturated heterocycles. The van der Waals surface area contributed by atoms with Crippen LogP contribution in [0.1, 0.15) is 43.7 Å². The minimum Gasteiger partial charge on any atom is -0.391 e. The number of carbonyl (C=O) groups excluding carboxylic acids is 1. The van der Waals surface area contributed by atoms with Crippen LogP contribution in [0, 0.1) is 11.7 Å². The third-order valence-corrected chi connectivity index (χ3v) is 8.40. The first-order chi connectivity index (χ1) is 15.2. The molecule has 1 saturated carbocycles. The Kier molecular flexibility index (Phi) is 7.00. The normalized spacial score (nSPS) is 26.3. The summed E-state index contributed by atoms with van der Waals surface area (Å²) in [4.78, 5) is 15.2. The number of amides is 1. The largest absolute Gasteiger partial charge is 0.391 e. The number of halogens is 2. The molecule has 2 aromatic carbocycles. The van der Waals surface area contributed by atoms with Crippen LogP contribution in [-0.4, -0.2) is 43.0 Å². The number of hydrogen-bond acceptors (Lipinski definition) is 4. The molecule has 9 heteroatoms. The van der Waals surface area contributed by atoms with Crippen molar-refractivity contribution >= 4 is 31.9 Å². The summed E-state index contributed by atoms with van der Waals surface area (Å²) in [6, 6.07) is 12.0. The molecule has 1 aliphatic carbocycles. The van der Waals surface area contributed by atoms with Gasteiger partial charge in [0.25, 0.3) is 0 Å². The lowest BCUT2D eigenvalue weighted by Gasteiger charge is -2.33. The van der Waals surface area contributed by atoms with E-state index in [2.05, 4.69) is 20.7 Å². The number of nitrogens with one attached hydrogen (secondary N) is 1. The molecule has 32 heavy (non-hydrogen) atoms. The highest BCUT2D eigenvalue weighted by molar-refractivity contribution is 9.10. The van der Waals surface area contributed by atoms with Gasteiger partial charge >= 0.3 is 0 Å². The Balaban J connectivity index is 1.37. The quantitative estimate of drug-likeness (QED) is 0.623. The van der Waals surface area contributed by atoms with Crippen molar-refractivity contribution in [2.75, 3.05) is 6.54 Å². The fraction of sp³-hybridized carbons (Fsp3) is 0.435. The maximum Gasteiger partial charge on any atom is 0.240 e. The van der Waals surface area contributed by atoms with Crippen molar-refractivity contribution in [2.45, 2.75) is 55.2 Å². The Morgan fingerprint density at radius 3 is 2.28 bits per heavy atom. The van der Waals surface area contributed by atoms with Crippen molar-refractivity contribution in [3.05, 3.63) is 64.4 Å². The molecule has 0 spiro atoms. The molecule has 0 aromatic heterocycles. The van der Waals surface area contributed by atoms with Crippen LogP contribution < -0.4 is 4.72 Å². The third kappa shape index (κ3) is 5.22. The molecule has 1 unspecified atom stereocenters. The number of benzene rings is 2. The zero-order valence-electron chi connectivity index (χ0n) is 17.5. The fourth-order valence-corrected chi connectivity index (χ4v) is 6.22. The maximum absolute atomic E-state index is 13.3. The van der Waals surface area contributed by atoms with Gasteiger partial charge in [-0.3, -0.25) is 4.79 Å². The molecule has 4 rings (SSSR count). The van der Waals surface area contributed by atoms with Gasteiger partial charge in [-0.2, -0.15) is 0 Å². The molecule has 2 N–H and O–H groups in total. The number of β-amino-alcohol motifs (C(OH)–C–C–N with tert-alkyl or cyclic N) is 1. The number of rotatable bonds is 5. The monoisotopic (exact) mass is 524 g/mol. The highest BCUT2D eigenvalue weighted by Crippen LogP contribution is 2.36. The van der Waals surface area contributed by atoms with Crippen LogP contribution in [0.15, 0.2) is 57.9 Å². The van der Waals surface area contributed by atoms with Gasteiger partial charge in [-0.15, -0.1) is 0 Å². The average molecular weight is 525 g/mol. The van der Waals surface area contributed by atoms with E-state index < -0.39 is 16.1 Å². The second-order valence-electron chi connectivity index (χ2n) is 8.57. The zero-order chi connectivity index (χ0) is 22.9. The summed E-state index contributed by atoms with van der Waals surface area (Å²) >= 11 is 3.30. The second-order valence-corrected chi connectivity index (χ2v) is 11.2. The van der Waals surface area contributed by atoms with Gasteiger partial charge in [0.05, 0.1) is 17.0 Å². The van der Waals surface area contributed by atoms with Crippen LogP contribution in [0.2, 0.25) is 0 Å². The molecular weight excluding hydrogens is 499 g/mol. The van der Waals surface area contributed by atoms with E-state index in [-0.39, 0.29) is 41.2 Å². The average Bonchev–Trinajstić information content (AvgIpc) is 3.16. The first kappa shape index (κ1) is 23.4. The predicted octanol–water partition coefficient (Wildman–Crippen LogP) is 3.76. The van der Waals surface area contributed by atoms with Crippen LogP contribution in [0.25, 0.3) is 0 Å². The molecule has 0 radical (unpaired) electrons. The second kappa shape index (κ2) is 9.59. The van der Waals surface area contributed by atoms with E-state index >= 15 is 0 Å². The van der Waals surface area contributed by atoms with Crippen LogP contribution in [0.5, 0.6) is 0 Å². The van der Waals surface area contributed by atoms with E-state index in [0.29, 0.717) is 32.1 Å². The van der Waals surface area contributed by atoms with Gasteiger partial charge in [-0.25, -0.2) is 17.5 Å². The van der Waals surface area contributed by atoms with Crippen molar-refractivity contribution in [3.63, 3.8) is 0 Å². The minimum absolute atomic E-state index is 0.0231. The van der Waals surface area contributed by atoms with E-state index in [9.17, 15) is 22.7 Å². The summed E-state index contributed by atoms with van der Waals surface area (Å²) in [5.74, 6) is -0.573. The Hall–Kier alpha value is -1.81. The molecule has 1 aliphatic heterocycles. The van der Waals surface area contributed by atoms with Gasteiger partial charge in [-0.1, -0.05) is 28.1 Å². The van der Waals surface area contributed by atoms with Gasteiger partial charge in [0, 0.05) is 23.0 Å². The van der Waals surface area contributed by atoms with E-state index in [4.69, 9.17) is 0 Å². The molecule has 0 bridgehead atoms. The van der Waals surface area contributed by atoms with Crippen LogP contribution in [0.4, 0.5) is 4.39 Å². The zero-order valence-corrected chi connectivity index (χ0v) is 19.9. The highest BCUT2D eigenvalue weighted by atomic mass is 79.9. The lowest BCUT2D eigenvalue weighted by Crippen LogP contribution is -2.42. The summed E-state index contributed by atoms with van der Waals surface area (Å²) in [6.07, 6.45) is 2.13. The van der Waals surface area contributed by atoms with Crippen molar-refractivity contribution in [2.24, 2.45) is 5.92 Å². The van der Waals surface area contributed by atoms with Crippen LogP contribution in [-0.2, 0) is 14.8 Å². The highest BCUT2D eigenvalue weighted by Gasteiger charge is 2.39. The van der Waals surface area contributed by atoms with Gasteiger partial charge in [0.15, 0.2) is 0 Å². The predicted molar refractivity (Wildman–Crippen MR) is 122 cm³/mol. The first-order valence-corrected chi connectivity index (χ1v) is 13.0. The van der Waals surface area contributed by atoms with Crippen molar-refractivity contribution in [3.8, 4) is 0 Å². The molecule has 1 amide bonds. The summed E-state index contributed by atoms with van der Waals surface area (Å²) in [6.45, 7) is 0.261. The molecule has 6 nitrogen and oxygen atoms in total. The van der Waals surface area contributed by atoms with E-state index in [1.165, 1.54) is 12.1 Å². The maximum atomic E-state index is 13.3. The molecule has 1 heterocycles. The molecule has 172 valence electrons. The van der Waals surface area contributed by atoms with E-state index in [1.807, 2.05) is 0 Å². The molecule has 2 fully saturated rings. The summed E-state index contributed by atoms with van der Waals surface area (Å²) in [5, 5.41) is 10.2. The summed E-state index contributed by atoms with van der Waals surface area (Å²) in [7, 11) is -3.62. The molecule has 2 aromatic rings. The Morgan fingerprint density at radius 2 is 1.66 bits per heavy atom. The van der Waals surface area contributed by atoms with Gasteiger partial charge in [0.2, 0.25) is 15.9 Å². The smallest absolute Gasteiger partial charge is 0.240 e. The molecule has 2 aliphatic rings. The summed E-state index contributed by atoms with van der Waals surface area (Å²) < 4.78 is 42.1. The Morgan fingerprint density at radius 1 is 1.03 bits per heavy atom. The van der Waals surface area contributed by atoms with Gasteiger partial charge < -0.3 is 10.0 Å². The topological polar surface area (TPSA) is 86.7 Å². The van der Waals surface area contributed by atoms with Crippen molar-refractivity contribution in [1.29, 1.82) is 0 Å². The van der Waals surface area contributed by atoms with Crippen LogP contribution in [0.3, 0.4) is 0 Å². The summed E-state index contributed by atoms with van der Waals surface area (Å²) in [5.41, 5.74) is 0.812. The fourth-order valence-electron chi connectivity index (χ4n) is 4.65. The first-order valence-electron chi connectivity index (χ1n) is 10.7. The lowest BCUT2D eigenvalue weighted by atomic mass is 9.85. The Bertz CT molecular complexity index is 1050. The number of carbonyl (C=O) groups is 1. The van der Waals surface area contributed by atoms with Crippen LogP contribution >= 0.6 is 15.9 Å². The van der Waals surface area contributed by atoms with Crippen molar-refractivity contribution < 1.29 is 22.7 Å². The standard InChI is InChI=1S/C23H26BrFN2O4S/c24-17-5-11-21(12-6-17)32(30,31)26-19-9-3-16(4-10-19)23(29)27-14-20(28)13-22(27)15-1-7-18(25)8-2-15/h1-2,5-8,11-12,16,19-20,22,26,28H,3-4,9-10,13-14H2/t16?,19?,20?,22-/m1/s1. The molecular formula is C23H26BrFN2O4S. The minimum atomic E-state index is -3.62. The number of hydrogen-bond donors (Lipinski definition) is 2. The third-order valence-electron chi connectivity index (χ3n) is 6.34. The number of nitrogens with zero attached hydrogens (tertiary/aromatic N) is 1. The van der Waals surface area contributed by atoms with Gasteiger partial charge in [0.1, 0.15) is 5.82 Å². The SMILES string of the molecule is O=C(C1CCC(NS(=O)(=O)c2ccc(Br)cc2)CC1)N1CC(O)C[C@@H]1c1ccc(F)cc1. The molecule has 2 atom stereocenters. The van der Waals surface area contributed by atoms with Gasteiger partial charge in [-0.05, 0) is 74.1 Å². The number of sulfonamides is 1. The lowest BCUT2D eigenvalue weighted by molar-refractivity contribution is -0.138. The van der Waals surface area contributed by atoms with E-state index in [1.54, 1.807) is 41.3 Å². The number of likely N-dealkylation sites (tertiary alicyclic amines) is 1. The number of aliphatic hydroxyl groups is 1. The Labute approximate surface area is 196 Å².